The number of hydrogen-bond acceptors (Lipinski definition) is 4. The number of carbonyl (C=O) groups is 1. The monoisotopic (exact) mass is 245 g/mol. The standard InChI is InChI=1S/C13H15N3O2/c1-9-6-10(16(2)15-9)7-12(17)11-4-5-14-8-13(11)18-3/h4-6,8H,7H2,1-3H3. The normalized spacial score (nSPS) is 10.4. The Morgan fingerprint density at radius 3 is 2.89 bits per heavy atom. The lowest BCUT2D eigenvalue weighted by Crippen LogP contribution is -2.09. The predicted molar refractivity (Wildman–Crippen MR) is 66.8 cm³/mol. The van der Waals surface area contributed by atoms with Crippen molar-refractivity contribution < 1.29 is 9.53 Å². The molecule has 0 bridgehead atoms. The Labute approximate surface area is 105 Å². The van der Waals surface area contributed by atoms with Crippen molar-refractivity contribution in [2.45, 2.75) is 13.3 Å². The molecule has 0 saturated carbocycles. The van der Waals surface area contributed by atoms with Crippen molar-refractivity contribution >= 4 is 5.78 Å². The lowest BCUT2D eigenvalue weighted by molar-refractivity contribution is 0.0987. The van der Waals surface area contributed by atoms with Gasteiger partial charge >= 0.3 is 0 Å². The number of aromatic nitrogens is 3. The van der Waals surface area contributed by atoms with Crippen LogP contribution in [0.15, 0.2) is 24.5 Å². The summed E-state index contributed by atoms with van der Waals surface area (Å²) in [6.45, 7) is 1.90. The number of pyridine rings is 1. The fourth-order valence-electron chi connectivity index (χ4n) is 1.86. The third-order valence-electron chi connectivity index (χ3n) is 2.75. The molecule has 0 aliphatic heterocycles. The summed E-state index contributed by atoms with van der Waals surface area (Å²) in [5, 5.41) is 4.22. The highest BCUT2D eigenvalue weighted by Gasteiger charge is 2.14. The second-order valence-electron chi connectivity index (χ2n) is 4.08. The van der Waals surface area contributed by atoms with Crippen molar-refractivity contribution in [1.82, 2.24) is 14.8 Å². The van der Waals surface area contributed by atoms with Crippen LogP contribution < -0.4 is 4.74 Å². The molecule has 0 amide bonds. The van der Waals surface area contributed by atoms with Crippen molar-refractivity contribution in [1.29, 1.82) is 0 Å². The number of ether oxygens (including phenoxy) is 1. The average Bonchev–Trinajstić information content (AvgIpc) is 2.67. The molecule has 0 saturated heterocycles. The van der Waals surface area contributed by atoms with Gasteiger partial charge in [-0.25, -0.2) is 0 Å². The summed E-state index contributed by atoms with van der Waals surface area (Å²) >= 11 is 0. The Hall–Kier alpha value is -2.17. The second kappa shape index (κ2) is 5.00. The van der Waals surface area contributed by atoms with Gasteiger partial charge in [-0.1, -0.05) is 0 Å². The van der Waals surface area contributed by atoms with Gasteiger partial charge in [-0.05, 0) is 19.1 Å². The molecule has 0 fully saturated rings. The number of methoxy groups -OCH3 is 1. The predicted octanol–water partition coefficient (Wildman–Crippen LogP) is 1.56. The van der Waals surface area contributed by atoms with Crippen LogP contribution in [0.1, 0.15) is 21.7 Å². The highest BCUT2D eigenvalue weighted by Crippen LogP contribution is 2.18. The first-order valence-electron chi connectivity index (χ1n) is 5.62. The second-order valence-corrected chi connectivity index (χ2v) is 4.08. The van der Waals surface area contributed by atoms with E-state index in [2.05, 4.69) is 10.1 Å². The van der Waals surface area contributed by atoms with Crippen molar-refractivity contribution in [3.05, 3.63) is 41.5 Å². The molecule has 0 aliphatic carbocycles. The molecule has 18 heavy (non-hydrogen) atoms. The maximum absolute atomic E-state index is 12.2. The number of ketones is 1. The van der Waals surface area contributed by atoms with Gasteiger partial charge in [0.1, 0.15) is 5.75 Å². The molecule has 0 aromatic carbocycles. The third kappa shape index (κ3) is 2.40. The minimum Gasteiger partial charge on any atom is -0.494 e. The molecule has 5 heteroatoms. The molecule has 0 aliphatic rings. The summed E-state index contributed by atoms with van der Waals surface area (Å²) in [5.41, 5.74) is 2.34. The van der Waals surface area contributed by atoms with Crippen LogP contribution in [0, 0.1) is 6.92 Å². The van der Waals surface area contributed by atoms with E-state index in [1.54, 1.807) is 23.1 Å². The number of carbonyl (C=O) groups excluding carboxylic acids is 1. The van der Waals surface area contributed by atoms with Gasteiger partial charge in [-0.15, -0.1) is 0 Å². The number of Topliss-reactive ketones (excluding diaryl/α,β-unsaturated/α-hetero) is 1. The van der Waals surface area contributed by atoms with Crippen molar-refractivity contribution in [3.8, 4) is 5.75 Å². The van der Waals surface area contributed by atoms with Crippen molar-refractivity contribution in [3.63, 3.8) is 0 Å². The minimum absolute atomic E-state index is 0.00255. The van der Waals surface area contributed by atoms with E-state index in [0.717, 1.165) is 11.4 Å². The number of hydrogen-bond donors (Lipinski definition) is 0. The van der Waals surface area contributed by atoms with Gasteiger partial charge in [0.25, 0.3) is 0 Å². The number of rotatable bonds is 4. The highest BCUT2D eigenvalue weighted by molar-refractivity contribution is 5.99. The van der Waals surface area contributed by atoms with Gasteiger partial charge in [-0.3, -0.25) is 14.5 Å². The van der Waals surface area contributed by atoms with Crippen LogP contribution in [-0.4, -0.2) is 27.7 Å². The molecule has 0 atom stereocenters. The largest absolute Gasteiger partial charge is 0.494 e. The van der Waals surface area contributed by atoms with E-state index in [9.17, 15) is 4.79 Å². The SMILES string of the molecule is COc1cnccc1C(=O)Cc1cc(C)nn1C. The van der Waals surface area contributed by atoms with Crippen LogP contribution in [0.5, 0.6) is 5.75 Å². The van der Waals surface area contributed by atoms with Crippen LogP contribution in [0.3, 0.4) is 0 Å². The van der Waals surface area contributed by atoms with Crippen LogP contribution in [-0.2, 0) is 13.5 Å². The van der Waals surface area contributed by atoms with Gasteiger partial charge < -0.3 is 4.74 Å². The van der Waals surface area contributed by atoms with Crippen LogP contribution in [0.4, 0.5) is 0 Å². The molecule has 2 aromatic rings. The van der Waals surface area contributed by atoms with E-state index in [1.807, 2.05) is 20.0 Å². The summed E-state index contributed by atoms with van der Waals surface area (Å²) in [4.78, 5) is 16.1. The number of aryl methyl sites for hydroxylation is 2. The Bertz CT molecular complexity index is 575. The fraction of sp³-hybridized carbons (Fsp3) is 0.308. The lowest BCUT2D eigenvalue weighted by Gasteiger charge is -2.06. The quantitative estimate of drug-likeness (QED) is 0.767. The van der Waals surface area contributed by atoms with Gasteiger partial charge in [-0.2, -0.15) is 5.10 Å². The summed E-state index contributed by atoms with van der Waals surface area (Å²) in [6.07, 6.45) is 3.43. The Balaban J connectivity index is 2.24. The number of nitrogens with zero attached hydrogens (tertiary/aromatic N) is 3. The molecule has 2 heterocycles. The first-order valence-corrected chi connectivity index (χ1v) is 5.62. The smallest absolute Gasteiger partial charge is 0.172 e. The Morgan fingerprint density at radius 2 is 2.28 bits per heavy atom. The minimum atomic E-state index is -0.00255. The highest BCUT2D eigenvalue weighted by atomic mass is 16.5. The molecule has 5 nitrogen and oxygen atoms in total. The maximum Gasteiger partial charge on any atom is 0.172 e. The molecule has 0 unspecified atom stereocenters. The molecule has 0 radical (unpaired) electrons. The van der Waals surface area contributed by atoms with Gasteiger partial charge in [0.15, 0.2) is 5.78 Å². The summed E-state index contributed by atoms with van der Waals surface area (Å²) in [6, 6.07) is 3.58. The lowest BCUT2D eigenvalue weighted by atomic mass is 10.1. The summed E-state index contributed by atoms with van der Waals surface area (Å²) < 4.78 is 6.86. The van der Waals surface area contributed by atoms with E-state index >= 15 is 0 Å². The molecular formula is C13H15N3O2. The summed E-state index contributed by atoms with van der Waals surface area (Å²) in [5.74, 6) is 0.499. The Morgan fingerprint density at radius 1 is 1.50 bits per heavy atom. The molecule has 0 N–H and O–H groups in total. The zero-order valence-corrected chi connectivity index (χ0v) is 10.7. The van der Waals surface area contributed by atoms with Crippen LogP contribution in [0.25, 0.3) is 0 Å². The molecule has 94 valence electrons. The van der Waals surface area contributed by atoms with Crippen molar-refractivity contribution in [2.75, 3.05) is 7.11 Å². The Kier molecular flexibility index (Phi) is 3.41. The van der Waals surface area contributed by atoms with E-state index in [1.165, 1.54) is 7.11 Å². The third-order valence-corrected chi connectivity index (χ3v) is 2.75. The van der Waals surface area contributed by atoms with E-state index in [4.69, 9.17) is 4.74 Å². The van der Waals surface area contributed by atoms with Crippen LogP contribution >= 0.6 is 0 Å². The molecule has 2 aromatic heterocycles. The molecule has 2 rings (SSSR count). The summed E-state index contributed by atoms with van der Waals surface area (Å²) in [7, 11) is 3.36. The maximum atomic E-state index is 12.2. The average molecular weight is 245 g/mol. The van der Waals surface area contributed by atoms with Crippen LogP contribution in [0.2, 0.25) is 0 Å². The zero-order chi connectivity index (χ0) is 13.1. The van der Waals surface area contributed by atoms with Crippen molar-refractivity contribution in [2.24, 2.45) is 7.05 Å². The molecule has 0 spiro atoms. The van der Waals surface area contributed by atoms with E-state index < -0.39 is 0 Å². The first kappa shape index (κ1) is 12.3. The van der Waals surface area contributed by atoms with Gasteiger partial charge in [0.05, 0.1) is 31.0 Å². The van der Waals surface area contributed by atoms with Gasteiger partial charge in [0, 0.05) is 18.9 Å². The molecular weight excluding hydrogens is 230 g/mol. The van der Waals surface area contributed by atoms with E-state index in [-0.39, 0.29) is 5.78 Å². The first-order chi connectivity index (χ1) is 8.61. The zero-order valence-electron chi connectivity index (χ0n) is 10.7. The fourth-order valence-corrected chi connectivity index (χ4v) is 1.86. The van der Waals surface area contributed by atoms with Gasteiger partial charge in [0.2, 0.25) is 0 Å². The topological polar surface area (TPSA) is 57.0 Å². The van der Waals surface area contributed by atoms with E-state index in [0.29, 0.717) is 17.7 Å².